The van der Waals surface area contributed by atoms with Gasteiger partial charge in [0.2, 0.25) is 0 Å². The molecule has 18 heavy (non-hydrogen) atoms. The third-order valence-corrected chi connectivity index (χ3v) is 3.91. The number of hydrogen-bond acceptors (Lipinski definition) is 4. The fourth-order valence-electron chi connectivity index (χ4n) is 1.89. The zero-order valence-electron chi connectivity index (χ0n) is 10.0. The fraction of sp³-hybridized carbons (Fsp3) is 0.231. The molecular weight excluding hydrogens is 246 g/mol. The van der Waals surface area contributed by atoms with Crippen molar-refractivity contribution in [2.75, 3.05) is 13.7 Å². The Morgan fingerprint density at radius 1 is 1.33 bits per heavy atom. The van der Waals surface area contributed by atoms with E-state index < -0.39 is 0 Å². The Labute approximate surface area is 109 Å². The van der Waals surface area contributed by atoms with E-state index in [-0.39, 0.29) is 0 Å². The van der Waals surface area contributed by atoms with Gasteiger partial charge in [0.25, 0.3) is 0 Å². The Morgan fingerprint density at radius 2 is 2.22 bits per heavy atom. The molecule has 0 bridgehead atoms. The molecule has 0 fully saturated rings. The lowest BCUT2D eigenvalue weighted by atomic mass is 10.2. The normalized spacial score (nSPS) is 11.2. The number of thiophene rings is 1. The summed E-state index contributed by atoms with van der Waals surface area (Å²) in [6, 6.07) is 10.5. The van der Waals surface area contributed by atoms with Crippen LogP contribution in [0.1, 0.15) is 0 Å². The van der Waals surface area contributed by atoms with Crippen molar-refractivity contribution in [2.24, 2.45) is 0 Å². The molecule has 0 aliphatic rings. The number of benzene rings is 1. The first kappa shape index (κ1) is 11.4. The van der Waals surface area contributed by atoms with Crippen LogP contribution in [0.3, 0.4) is 0 Å². The molecular formula is C13H13N3OS. The zero-order valence-corrected chi connectivity index (χ0v) is 10.9. The molecule has 0 saturated heterocycles. The summed E-state index contributed by atoms with van der Waals surface area (Å²) in [5.74, 6) is 0.910. The van der Waals surface area contributed by atoms with Gasteiger partial charge in [-0.1, -0.05) is 18.2 Å². The molecule has 3 aromatic rings. The largest absolute Gasteiger partial charge is 0.383 e. The van der Waals surface area contributed by atoms with E-state index in [0.29, 0.717) is 6.61 Å². The van der Waals surface area contributed by atoms with Crippen LogP contribution < -0.4 is 0 Å². The van der Waals surface area contributed by atoms with Crippen molar-refractivity contribution in [3.8, 4) is 10.7 Å². The van der Waals surface area contributed by atoms with Crippen molar-refractivity contribution >= 4 is 21.4 Å². The van der Waals surface area contributed by atoms with E-state index in [1.54, 1.807) is 24.8 Å². The van der Waals surface area contributed by atoms with E-state index in [4.69, 9.17) is 4.74 Å². The van der Waals surface area contributed by atoms with E-state index in [0.717, 1.165) is 17.2 Å². The fourth-order valence-corrected chi connectivity index (χ4v) is 2.95. The van der Waals surface area contributed by atoms with Gasteiger partial charge in [0.1, 0.15) is 6.33 Å². The van der Waals surface area contributed by atoms with E-state index >= 15 is 0 Å². The second kappa shape index (κ2) is 4.88. The van der Waals surface area contributed by atoms with Gasteiger partial charge in [0, 0.05) is 18.4 Å². The van der Waals surface area contributed by atoms with Crippen LogP contribution in [0, 0.1) is 0 Å². The van der Waals surface area contributed by atoms with Crippen molar-refractivity contribution in [1.29, 1.82) is 0 Å². The Kier molecular flexibility index (Phi) is 3.08. The van der Waals surface area contributed by atoms with Crippen molar-refractivity contribution in [1.82, 2.24) is 14.8 Å². The monoisotopic (exact) mass is 259 g/mol. The molecule has 0 amide bonds. The summed E-state index contributed by atoms with van der Waals surface area (Å²) in [4.78, 5) is 1.14. The number of ether oxygens (including phenoxy) is 1. The first-order valence-electron chi connectivity index (χ1n) is 5.74. The minimum atomic E-state index is 0.663. The summed E-state index contributed by atoms with van der Waals surface area (Å²) >= 11 is 1.74. The number of nitrogens with zero attached hydrogens (tertiary/aromatic N) is 3. The van der Waals surface area contributed by atoms with E-state index in [1.165, 1.54) is 10.1 Å². The highest BCUT2D eigenvalue weighted by molar-refractivity contribution is 7.22. The SMILES string of the molecule is COCCn1cnnc1-c1cc2ccccc2s1. The predicted molar refractivity (Wildman–Crippen MR) is 72.7 cm³/mol. The maximum Gasteiger partial charge on any atom is 0.173 e. The topological polar surface area (TPSA) is 39.9 Å². The summed E-state index contributed by atoms with van der Waals surface area (Å²) in [6.45, 7) is 1.43. The molecule has 2 aromatic heterocycles. The van der Waals surface area contributed by atoms with E-state index in [1.807, 2.05) is 4.57 Å². The smallest absolute Gasteiger partial charge is 0.173 e. The molecule has 1 aromatic carbocycles. The van der Waals surface area contributed by atoms with Crippen LogP contribution in [0.4, 0.5) is 0 Å². The van der Waals surface area contributed by atoms with Gasteiger partial charge < -0.3 is 9.30 Å². The lowest BCUT2D eigenvalue weighted by Gasteiger charge is -2.03. The quantitative estimate of drug-likeness (QED) is 0.723. The molecule has 0 saturated carbocycles. The molecule has 4 nitrogen and oxygen atoms in total. The van der Waals surface area contributed by atoms with Gasteiger partial charge in [-0.25, -0.2) is 0 Å². The van der Waals surface area contributed by atoms with Gasteiger partial charge >= 0.3 is 0 Å². The molecule has 0 radical (unpaired) electrons. The van der Waals surface area contributed by atoms with Gasteiger partial charge in [-0.05, 0) is 17.5 Å². The van der Waals surface area contributed by atoms with Crippen molar-refractivity contribution in [3.05, 3.63) is 36.7 Å². The first-order valence-corrected chi connectivity index (χ1v) is 6.56. The lowest BCUT2D eigenvalue weighted by molar-refractivity contribution is 0.187. The highest BCUT2D eigenvalue weighted by Gasteiger charge is 2.10. The van der Waals surface area contributed by atoms with E-state index in [2.05, 4.69) is 40.5 Å². The summed E-state index contributed by atoms with van der Waals surface area (Å²) in [6.07, 6.45) is 1.75. The Bertz CT molecular complexity index is 626. The van der Waals surface area contributed by atoms with Crippen molar-refractivity contribution in [2.45, 2.75) is 6.54 Å². The number of aromatic nitrogens is 3. The average Bonchev–Trinajstić information content (AvgIpc) is 3.01. The van der Waals surface area contributed by atoms with Gasteiger partial charge in [0.05, 0.1) is 11.5 Å². The van der Waals surface area contributed by atoms with E-state index in [9.17, 15) is 0 Å². The van der Waals surface area contributed by atoms with Crippen LogP contribution in [0.25, 0.3) is 20.8 Å². The number of methoxy groups -OCH3 is 1. The standard InChI is InChI=1S/C13H13N3OS/c1-17-7-6-16-9-14-15-13(16)12-8-10-4-2-3-5-11(10)18-12/h2-5,8-9H,6-7H2,1H3. The van der Waals surface area contributed by atoms with Gasteiger partial charge in [0.15, 0.2) is 5.82 Å². The van der Waals surface area contributed by atoms with Crippen LogP contribution in [0.15, 0.2) is 36.7 Å². The van der Waals surface area contributed by atoms with Crippen LogP contribution in [-0.4, -0.2) is 28.5 Å². The van der Waals surface area contributed by atoms with Crippen LogP contribution >= 0.6 is 11.3 Å². The molecule has 92 valence electrons. The minimum Gasteiger partial charge on any atom is -0.383 e. The number of fused-ring (bicyclic) bond motifs is 1. The van der Waals surface area contributed by atoms with Crippen LogP contribution in [0.5, 0.6) is 0 Å². The molecule has 2 heterocycles. The molecule has 0 aliphatic heterocycles. The maximum absolute atomic E-state index is 5.09. The number of hydrogen-bond donors (Lipinski definition) is 0. The van der Waals surface area contributed by atoms with Crippen molar-refractivity contribution < 1.29 is 4.74 Å². The summed E-state index contributed by atoms with van der Waals surface area (Å²) in [5, 5.41) is 9.44. The summed E-state index contributed by atoms with van der Waals surface area (Å²) in [7, 11) is 1.70. The second-order valence-electron chi connectivity index (χ2n) is 3.99. The summed E-state index contributed by atoms with van der Waals surface area (Å²) < 4.78 is 8.39. The minimum absolute atomic E-state index is 0.663. The lowest BCUT2D eigenvalue weighted by Crippen LogP contribution is -2.04. The first-order chi connectivity index (χ1) is 8.88. The van der Waals surface area contributed by atoms with Gasteiger partial charge in [-0.15, -0.1) is 21.5 Å². The molecule has 0 unspecified atom stereocenters. The maximum atomic E-state index is 5.09. The second-order valence-corrected chi connectivity index (χ2v) is 5.07. The third-order valence-electron chi connectivity index (χ3n) is 2.80. The zero-order chi connectivity index (χ0) is 12.4. The predicted octanol–water partition coefficient (Wildman–Crippen LogP) is 2.81. The average molecular weight is 259 g/mol. The molecule has 5 heteroatoms. The summed E-state index contributed by atoms with van der Waals surface area (Å²) in [5.41, 5.74) is 0. The Morgan fingerprint density at radius 3 is 3.06 bits per heavy atom. The highest BCUT2D eigenvalue weighted by atomic mass is 32.1. The van der Waals surface area contributed by atoms with Gasteiger partial charge in [-0.2, -0.15) is 0 Å². The molecule has 0 spiro atoms. The highest BCUT2D eigenvalue weighted by Crippen LogP contribution is 2.32. The molecule has 0 aliphatic carbocycles. The molecule has 3 rings (SSSR count). The van der Waals surface area contributed by atoms with Crippen molar-refractivity contribution in [3.63, 3.8) is 0 Å². The molecule has 0 N–H and O–H groups in total. The Balaban J connectivity index is 2.01. The molecule has 0 atom stereocenters. The van der Waals surface area contributed by atoms with Gasteiger partial charge in [-0.3, -0.25) is 0 Å². The Hall–Kier alpha value is -1.72. The van der Waals surface area contributed by atoms with Crippen LogP contribution in [-0.2, 0) is 11.3 Å². The number of rotatable bonds is 4. The van der Waals surface area contributed by atoms with Crippen LogP contribution in [0.2, 0.25) is 0 Å². The third kappa shape index (κ3) is 2.02.